The molecule has 23 heavy (non-hydrogen) atoms. The van der Waals surface area contributed by atoms with Gasteiger partial charge in [0.05, 0.1) is 5.92 Å². The molecule has 0 aromatic rings. The standard InChI is InChI=1S/C12H10F10O/c13-8(4-9(23,11(17,18)19)12(20,21)22)6-2-1-5(3-6)7(8)10(14,15)16/h1-2,5-7,23H,3-4H2. The molecule has 0 saturated heterocycles. The molecule has 2 bridgehead atoms. The molecule has 0 heterocycles. The lowest BCUT2D eigenvalue weighted by molar-refractivity contribution is -0.380. The maximum absolute atomic E-state index is 14.8. The number of halogens is 10. The summed E-state index contributed by atoms with van der Waals surface area (Å²) in [6, 6.07) is 0. The summed E-state index contributed by atoms with van der Waals surface area (Å²) in [4.78, 5) is 0. The van der Waals surface area contributed by atoms with E-state index in [1.165, 1.54) is 0 Å². The van der Waals surface area contributed by atoms with Crippen molar-refractivity contribution in [2.24, 2.45) is 17.8 Å². The summed E-state index contributed by atoms with van der Waals surface area (Å²) in [6.07, 6.45) is -19.6. The van der Waals surface area contributed by atoms with E-state index in [0.717, 1.165) is 12.2 Å². The van der Waals surface area contributed by atoms with E-state index in [-0.39, 0.29) is 0 Å². The highest BCUT2D eigenvalue weighted by molar-refractivity contribution is 5.24. The fraction of sp³-hybridized carbons (Fsp3) is 0.833. The monoisotopic (exact) mass is 360 g/mol. The topological polar surface area (TPSA) is 20.2 Å². The first-order valence-electron chi connectivity index (χ1n) is 6.34. The fourth-order valence-corrected chi connectivity index (χ4v) is 3.43. The third-order valence-electron chi connectivity index (χ3n) is 4.50. The van der Waals surface area contributed by atoms with Crippen molar-refractivity contribution in [1.82, 2.24) is 0 Å². The summed E-state index contributed by atoms with van der Waals surface area (Å²) in [6.45, 7) is 0. The molecule has 134 valence electrons. The van der Waals surface area contributed by atoms with Gasteiger partial charge in [-0.1, -0.05) is 12.2 Å². The van der Waals surface area contributed by atoms with Crippen LogP contribution in [0.1, 0.15) is 12.8 Å². The van der Waals surface area contributed by atoms with Crippen molar-refractivity contribution in [1.29, 1.82) is 0 Å². The summed E-state index contributed by atoms with van der Waals surface area (Å²) in [5.41, 5.74) is -9.45. The van der Waals surface area contributed by atoms with Gasteiger partial charge in [0.15, 0.2) is 0 Å². The molecule has 1 N–H and O–H groups in total. The van der Waals surface area contributed by atoms with E-state index in [4.69, 9.17) is 5.11 Å². The van der Waals surface area contributed by atoms with Crippen molar-refractivity contribution in [2.75, 3.05) is 0 Å². The van der Waals surface area contributed by atoms with Gasteiger partial charge in [-0.05, 0) is 12.3 Å². The Hall–Kier alpha value is -1.00. The summed E-state index contributed by atoms with van der Waals surface area (Å²) in [7, 11) is 0. The van der Waals surface area contributed by atoms with Gasteiger partial charge in [-0.25, -0.2) is 4.39 Å². The van der Waals surface area contributed by atoms with Gasteiger partial charge in [0, 0.05) is 12.3 Å². The number of alkyl halides is 10. The van der Waals surface area contributed by atoms with Crippen molar-refractivity contribution in [3.63, 3.8) is 0 Å². The van der Waals surface area contributed by atoms with E-state index in [2.05, 4.69) is 0 Å². The van der Waals surface area contributed by atoms with E-state index in [1.807, 2.05) is 0 Å². The first-order chi connectivity index (χ1) is 10.0. The quantitative estimate of drug-likeness (QED) is 0.574. The van der Waals surface area contributed by atoms with Gasteiger partial charge in [-0.15, -0.1) is 0 Å². The number of hydrogen-bond donors (Lipinski definition) is 1. The normalized spacial score (nSPS) is 35.2. The SMILES string of the molecule is OC(CC1(F)C2C=CC(C2)C1C(F)(F)F)(C(F)(F)F)C(F)(F)F. The zero-order valence-corrected chi connectivity index (χ0v) is 11.0. The van der Waals surface area contributed by atoms with E-state index >= 15 is 0 Å². The number of rotatable bonds is 2. The minimum absolute atomic E-state index is 0.549. The summed E-state index contributed by atoms with van der Waals surface area (Å²) >= 11 is 0. The highest BCUT2D eigenvalue weighted by Gasteiger charge is 2.77. The van der Waals surface area contributed by atoms with Crippen LogP contribution in [0.4, 0.5) is 43.9 Å². The van der Waals surface area contributed by atoms with Crippen LogP contribution in [0.3, 0.4) is 0 Å². The summed E-state index contributed by atoms with van der Waals surface area (Å²) in [5.74, 6) is -6.34. The molecule has 4 atom stereocenters. The molecule has 0 aromatic heterocycles. The Morgan fingerprint density at radius 2 is 1.39 bits per heavy atom. The van der Waals surface area contributed by atoms with Crippen LogP contribution in [0, 0.1) is 17.8 Å². The van der Waals surface area contributed by atoms with Crippen molar-refractivity contribution in [3.05, 3.63) is 12.2 Å². The van der Waals surface area contributed by atoms with E-state index in [0.29, 0.717) is 0 Å². The van der Waals surface area contributed by atoms with Crippen molar-refractivity contribution >= 4 is 0 Å². The zero-order valence-electron chi connectivity index (χ0n) is 11.0. The molecule has 2 aliphatic carbocycles. The summed E-state index contributed by atoms with van der Waals surface area (Å²) in [5, 5.41) is 9.04. The Balaban J connectivity index is 2.49. The zero-order chi connectivity index (χ0) is 18.1. The van der Waals surface area contributed by atoms with E-state index in [9.17, 15) is 43.9 Å². The Labute approximate surface area is 123 Å². The molecule has 11 heteroatoms. The largest absolute Gasteiger partial charge is 0.426 e. The Bertz CT molecular complexity index is 487. The van der Waals surface area contributed by atoms with Gasteiger partial charge in [0.25, 0.3) is 5.60 Å². The number of fused-ring (bicyclic) bond motifs is 2. The van der Waals surface area contributed by atoms with Gasteiger partial charge in [-0.3, -0.25) is 0 Å². The lowest BCUT2D eigenvalue weighted by Crippen LogP contribution is -2.62. The second-order valence-corrected chi connectivity index (χ2v) is 5.87. The molecule has 1 saturated carbocycles. The smallest absolute Gasteiger partial charge is 0.374 e. The van der Waals surface area contributed by atoms with Crippen molar-refractivity contribution in [2.45, 2.75) is 42.6 Å². The minimum atomic E-state index is -6.37. The first-order valence-corrected chi connectivity index (χ1v) is 6.34. The van der Waals surface area contributed by atoms with Gasteiger partial charge in [0.2, 0.25) is 0 Å². The number of allylic oxidation sites excluding steroid dienone is 2. The average Bonchev–Trinajstić information content (AvgIpc) is 2.82. The molecule has 0 amide bonds. The van der Waals surface area contributed by atoms with E-state index < -0.39 is 60.4 Å². The third-order valence-corrected chi connectivity index (χ3v) is 4.50. The van der Waals surface area contributed by atoms with Gasteiger partial charge in [0.1, 0.15) is 5.67 Å². The Morgan fingerprint density at radius 1 is 0.913 bits per heavy atom. The molecular formula is C12H10F10O. The molecule has 2 aliphatic rings. The van der Waals surface area contributed by atoms with Gasteiger partial charge < -0.3 is 5.11 Å². The maximum atomic E-state index is 14.8. The molecule has 0 aromatic carbocycles. The summed E-state index contributed by atoms with van der Waals surface area (Å²) < 4.78 is 130. The van der Waals surface area contributed by atoms with Crippen LogP contribution in [0.2, 0.25) is 0 Å². The molecule has 4 unspecified atom stereocenters. The number of hydrogen-bond acceptors (Lipinski definition) is 1. The maximum Gasteiger partial charge on any atom is 0.426 e. The second kappa shape index (κ2) is 4.76. The van der Waals surface area contributed by atoms with E-state index in [1.54, 1.807) is 0 Å². The van der Waals surface area contributed by atoms with Crippen LogP contribution in [0.5, 0.6) is 0 Å². The molecule has 0 aliphatic heterocycles. The molecule has 1 fully saturated rings. The third kappa shape index (κ3) is 2.60. The van der Waals surface area contributed by atoms with Crippen LogP contribution in [0.25, 0.3) is 0 Å². The minimum Gasteiger partial charge on any atom is -0.374 e. The van der Waals surface area contributed by atoms with Crippen LogP contribution < -0.4 is 0 Å². The predicted molar refractivity (Wildman–Crippen MR) is 55.8 cm³/mol. The number of aliphatic hydroxyl groups is 1. The first kappa shape index (κ1) is 18.3. The lowest BCUT2D eigenvalue weighted by atomic mass is 9.72. The molecule has 2 rings (SSSR count). The highest BCUT2D eigenvalue weighted by Crippen LogP contribution is 2.63. The predicted octanol–water partition coefficient (Wildman–Crippen LogP) is 4.32. The molecular weight excluding hydrogens is 350 g/mol. The molecule has 0 spiro atoms. The Morgan fingerprint density at radius 3 is 1.78 bits per heavy atom. The lowest BCUT2D eigenvalue weighted by Gasteiger charge is -2.42. The molecule has 0 radical (unpaired) electrons. The molecule has 1 nitrogen and oxygen atoms in total. The average molecular weight is 360 g/mol. The Kier molecular flexibility index (Phi) is 3.80. The van der Waals surface area contributed by atoms with Gasteiger partial charge in [-0.2, -0.15) is 39.5 Å². The van der Waals surface area contributed by atoms with Crippen molar-refractivity contribution in [3.8, 4) is 0 Å². The second-order valence-electron chi connectivity index (χ2n) is 5.87. The fourth-order valence-electron chi connectivity index (χ4n) is 3.43. The highest BCUT2D eigenvalue weighted by atomic mass is 19.4. The van der Waals surface area contributed by atoms with Crippen LogP contribution in [-0.4, -0.2) is 34.9 Å². The van der Waals surface area contributed by atoms with Crippen LogP contribution in [-0.2, 0) is 0 Å². The van der Waals surface area contributed by atoms with Gasteiger partial charge >= 0.3 is 18.5 Å². The van der Waals surface area contributed by atoms with Crippen LogP contribution >= 0.6 is 0 Å². The van der Waals surface area contributed by atoms with Crippen LogP contribution in [0.15, 0.2) is 12.2 Å². The van der Waals surface area contributed by atoms with Crippen molar-refractivity contribution < 1.29 is 49.0 Å².